The quantitative estimate of drug-likeness (QED) is 0.460. The van der Waals surface area contributed by atoms with Crippen LogP contribution in [0, 0.1) is 0 Å². The summed E-state index contributed by atoms with van der Waals surface area (Å²) in [7, 11) is 2.23. The van der Waals surface area contributed by atoms with Crippen LogP contribution in [0.4, 0.5) is 21.7 Å². The summed E-state index contributed by atoms with van der Waals surface area (Å²) in [6, 6.07) is 5.54. The van der Waals surface area contributed by atoms with Crippen molar-refractivity contribution >= 4 is 28.9 Å². The smallest absolute Gasteiger partial charge is 0.274 e. The van der Waals surface area contributed by atoms with Gasteiger partial charge in [0.2, 0.25) is 0 Å². The van der Waals surface area contributed by atoms with E-state index in [0.717, 1.165) is 32.1 Å². The molecule has 5 rings (SSSR count). The number of aromatic nitrogens is 4. The number of amides is 1. The zero-order chi connectivity index (χ0) is 24.0. The molecule has 0 spiro atoms. The lowest BCUT2D eigenvalue weighted by Crippen LogP contribution is -2.29. The van der Waals surface area contributed by atoms with Crippen LogP contribution < -0.4 is 21.9 Å². The average molecular weight is 460 g/mol. The molecular weight excluding hydrogens is 429 g/mol. The highest BCUT2D eigenvalue weighted by Crippen LogP contribution is 2.30. The minimum Gasteiger partial charge on any atom is -0.393 e. The predicted octanol–water partition coefficient (Wildman–Crippen LogP) is 2.62. The molecule has 0 bridgehead atoms. The van der Waals surface area contributed by atoms with Crippen LogP contribution in [0.15, 0.2) is 35.4 Å². The van der Waals surface area contributed by atoms with Crippen molar-refractivity contribution in [1.82, 2.24) is 19.2 Å². The van der Waals surface area contributed by atoms with E-state index in [-0.39, 0.29) is 23.3 Å². The Morgan fingerprint density at radius 2 is 1.91 bits per heavy atom. The van der Waals surface area contributed by atoms with Crippen LogP contribution in [0.3, 0.4) is 0 Å². The number of aliphatic hydroxyl groups is 1. The van der Waals surface area contributed by atoms with Gasteiger partial charge in [0.1, 0.15) is 22.9 Å². The Balaban J connectivity index is 0.000000381. The van der Waals surface area contributed by atoms with E-state index in [2.05, 4.69) is 20.7 Å². The second-order valence-electron chi connectivity index (χ2n) is 7.86. The van der Waals surface area contributed by atoms with Crippen molar-refractivity contribution in [1.29, 1.82) is 0 Å². The second kappa shape index (κ2) is 10.9. The van der Waals surface area contributed by atoms with Gasteiger partial charge in [-0.15, -0.1) is 0 Å². The number of carbonyl (C=O) groups excluding carboxylic acids is 1. The molecule has 0 atom stereocenters. The zero-order valence-corrected chi connectivity index (χ0v) is 18.8. The van der Waals surface area contributed by atoms with E-state index >= 15 is 0 Å². The minimum absolute atomic E-state index is 0.0648. The van der Waals surface area contributed by atoms with Gasteiger partial charge in [-0.3, -0.25) is 14.0 Å². The monoisotopic (exact) mass is 459 g/mol. The first kappa shape index (κ1) is 24.2. The summed E-state index contributed by atoms with van der Waals surface area (Å²) >= 11 is 0. The molecule has 5 N–H and O–H groups in total. The Morgan fingerprint density at radius 3 is 2.42 bits per heavy atom. The summed E-state index contributed by atoms with van der Waals surface area (Å²) in [5, 5.41) is 18.6. The molecule has 0 saturated heterocycles. The number of nitrogens with two attached hydrogens (primary N) is 1. The number of pyridine rings is 1. The Morgan fingerprint density at radius 1 is 1.24 bits per heavy atom. The Hall–Kier alpha value is -3.47. The molecule has 2 fully saturated rings. The van der Waals surface area contributed by atoms with Gasteiger partial charge >= 0.3 is 0 Å². The lowest BCUT2D eigenvalue weighted by Gasteiger charge is -2.27. The van der Waals surface area contributed by atoms with Gasteiger partial charge in [0, 0.05) is 25.4 Å². The fourth-order valence-corrected chi connectivity index (χ4v) is 3.46. The van der Waals surface area contributed by atoms with Crippen molar-refractivity contribution in [2.45, 2.75) is 50.7 Å². The van der Waals surface area contributed by atoms with Crippen molar-refractivity contribution < 1.29 is 14.3 Å². The lowest BCUT2D eigenvalue weighted by atomic mass is 9.93. The molecule has 3 aromatic heterocycles. The first-order valence-corrected chi connectivity index (χ1v) is 10.9. The summed E-state index contributed by atoms with van der Waals surface area (Å²) in [6.07, 6.45) is 9.77. The number of rotatable bonds is 5. The van der Waals surface area contributed by atoms with Crippen LogP contribution in [0.2, 0.25) is 0 Å². The van der Waals surface area contributed by atoms with Gasteiger partial charge in [0.25, 0.3) is 11.5 Å². The number of primary amides is 1. The fourth-order valence-electron chi connectivity index (χ4n) is 3.46. The van der Waals surface area contributed by atoms with Crippen molar-refractivity contribution in [3.05, 3.63) is 46.5 Å². The second-order valence-corrected chi connectivity index (χ2v) is 7.86. The fraction of sp³-hybridized carbons (Fsp3) is 0.455. The van der Waals surface area contributed by atoms with E-state index in [0.29, 0.717) is 30.1 Å². The van der Waals surface area contributed by atoms with E-state index in [4.69, 9.17) is 10.8 Å². The minimum atomic E-state index is -0.612. The highest BCUT2D eigenvalue weighted by atomic mass is 19.1. The molecule has 0 unspecified atom stereocenters. The number of anilines is 3. The summed E-state index contributed by atoms with van der Waals surface area (Å²) < 4.78 is 12.7. The van der Waals surface area contributed by atoms with Crippen LogP contribution in [-0.4, -0.2) is 50.5 Å². The number of hydrogen-bond acceptors (Lipinski definition) is 7. The number of hydrogen-bond donors (Lipinski definition) is 4. The van der Waals surface area contributed by atoms with Gasteiger partial charge in [-0.05, 0) is 50.7 Å². The molecular formula is C22H30FN7O3. The van der Waals surface area contributed by atoms with Gasteiger partial charge in [-0.25, -0.2) is 4.98 Å². The summed E-state index contributed by atoms with van der Waals surface area (Å²) in [5.41, 5.74) is 6.27. The molecule has 3 aromatic rings. The topological polar surface area (TPSA) is 140 Å². The van der Waals surface area contributed by atoms with Gasteiger partial charge in [0.15, 0.2) is 5.65 Å². The van der Waals surface area contributed by atoms with E-state index in [1.165, 1.54) is 17.1 Å². The maximum absolute atomic E-state index is 12.7. The van der Waals surface area contributed by atoms with Gasteiger partial charge in [-0.2, -0.15) is 9.61 Å². The molecule has 1 amide bonds. The SMILES string of the molecule is CF.CNc1cc(Nc2cccn(C3CCC3)c2=O)nc2c(C(N)=O)cnn12.OC1CCC1. The number of fused-ring (bicyclic) bond motifs is 1. The summed E-state index contributed by atoms with van der Waals surface area (Å²) in [5.74, 6) is 0.423. The zero-order valence-electron chi connectivity index (χ0n) is 18.8. The van der Waals surface area contributed by atoms with E-state index in [1.807, 2.05) is 12.3 Å². The Bertz CT molecular complexity index is 1150. The highest BCUT2D eigenvalue weighted by Gasteiger charge is 2.21. The maximum Gasteiger partial charge on any atom is 0.274 e. The molecule has 2 saturated carbocycles. The lowest BCUT2D eigenvalue weighted by molar-refractivity contribution is 0.0949. The average Bonchev–Trinajstić information content (AvgIpc) is 3.19. The number of nitrogens with one attached hydrogen (secondary N) is 2. The molecule has 0 aliphatic heterocycles. The third-order valence-electron chi connectivity index (χ3n) is 5.77. The predicted molar refractivity (Wildman–Crippen MR) is 125 cm³/mol. The van der Waals surface area contributed by atoms with Gasteiger partial charge in [-0.1, -0.05) is 0 Å². The molecule has 33 heavy (non-hydrogen) atoms. The van der Waals surface area contributed by atoms with E-state index in [9.17, 15) is 14.0 Å². The maximum atomic E-state index is 12.7. The molecule has 2 aliphatic carbocycles. The van der Waals surface area contributed by atoms with Crippen LogP contribution in [0.25, 0.3) is 5.65 Å². The standard InChI is InChI=1S/C17H19N7O2.C4H8O.CH3F/c1-19-14-8-13(22-16-11(15(18)25)9-20-24(14)16)21-12-6-3-7-23(17(12)26)10-4-2-5-10;5-4-2-1-3-4;1-2/h3,6-10,19H,2,4-5H2,1H3,(H2,18,25)(H,21,22);4-5H,1-3H2;1H3. The molecule has 10 nitrogen and oxygen atoms in total. The van der Waals surface area contributed by atoms with Crippen molar-refractivity contribution in [2.24, 2.45) is 5.73 Å². The Labute approximate surface area is 190 Å². The molecule has 11 heteroatoms. The largest absolute Gasteiger partial charge is 0.393 e. The number of alkyl halides is 1. The highest BCUT2D eigenvalue weighted by molar-refractivity contribution is 5.98. The van der Waals surface area contributed by atoms with Crippen molar-refractivity contribution in [3.63, 3.8) is 0 Å². The third kappa shape index (κ3) is 5.30. The summed E-state index contributed by atoms with van der Waals surface area (Å²) in [6.45, 7) is 0. The summed E-state index contributed by atoms with van der Waals surface area (Å²) in [4.78, 5) is 28.7. The molecule has 2 aliphatic rings. The molecule has 0 radical (unpaired) electrons. The molecule has 0 aromatic carbocycles. The first-order valence-electron chi connectivity index (χ1n) is 10.9. The normalized spacial score (nSPS) is 15.3. The van der Waals surface area contributed by atoms with E-state index < -0.39 is 5.91 Å². The van der Waals surface area contributed by atoms with Crippen LogP contribution in [0.1, 0.15) is 54.9 Å². The third-order valence-corrected chi connectivity index (χ3v) is 5.77. The van der Waals surface area contributed by atoms with Crippen LogP contribution in [-0.2, 0) is 0 Å². The molecule has 3 heterocycles. The van der Waals surface area contributed by atoms with Gasteiger partial charge in [0.05, 0.1) is 19.5 Å². The van der Waals surface area contributed by atoms with Crippen molar-refractivity contribution in [2.75, 3.05) is 24.9 Å². The van der Waals surface area contributed by atoms with Crippen LogP contribution >= 0.6 is 0 Å². The van der Waals surface area contributed by atoms with E-state index in [1.54, 1.807) is 23.7 Å². The first-order chi connectivity index (χ1) is 16.0. The van der Waals surface area contributed by atoms with Crippen LogP contribution in [0.5, 0.6) is 0 Å². The molecule has 178 valence electrons. The van der Waals surface area contributed by atoms with Crippen molar-refractivity contribution in [3.8, 4) is 0 Å². The number of carbonyl (C=O) groups is 1. The number of aliphatic hydroxyl groups excluding tert-OH is 1. The number of nitrogens with zero attached hydrogens (tertiary/aromatic N) is 4. The van der Waals surface area contributed by atoms with Gasteiger partial charge < -0.3 is 26.0 Å². The number of halogens is 1. The Kier molecular flexibility index (Phi) is 7.99.